The van der Waals surface area contributed by atoms with Crippen molar-refractivity contribution in [2.24, 2.45) is 10.7 Å². The maximum Gasteiger partial charge on any atom is 0.193 e. The molecule has 2 aromatic carbocycles. The van der Waals surface area contributed by atoms with Crippen LogP contribution in [-0.4, -0.2) is 12.5 Å². The highest BCUT2D eigenvalue weighted by Crippen LogP contribution is 2.16. The molecule has 21 heavy (non-hydrogen) atoms. The van der Waals surface area contributed by atoms with E-state index in [9.17, 15) is 4.39 Å². The van der Waals surface area contributed by atoms with E-state index < -0.39 is 0 Å². The van der Waals surface area contributed by atoms with Gasteiger partial charge in [-0.05, 0) is 42.7 Å². The van der Waals surface area contributed by atoms with Gasteiger partial charge in [-0.1, -0.05) is 40.2 Å². The van der Waals surface area contributed by atoms with E-state index >= 15 is 0 Å². The molecule has 0 aliphatic rings. The van der Waals surface area contributed by atoms with E-state index in [0.717, 1.165) is 16.6 Å². The Morgan fingerprint density at radius 3 is 2.67 bits per heavy atom. The first-order valence-corrected chi connectivity index (χ1v) is 7.50. The molecule has 0 amide bonds. The molecule has 0 bridgehead atoms. The lowest BCUT2D eigenvalue weighted by atomic mass is 10.1. The zero-order chi connectivity index (χ0) is 15.1. The largest absolute Gasteiger partial charge is 0.370 e. The molecule has 0 heterocycles. The molecule has 3 N–H and O–H groups in total. The van der Waals surface area contributed by atoms with Crippen LogP contribution in [0.3, 0.4) is 0 Å². The van der Waals surface area contributed by atoms with Gasteiger partial charge in [-0.2, -0.15) is 0 Å². The Kier molecular flexibility index (Phi) is 5.75. The number of hydrogen-bond acceptors (Lipinski definition) is 1. The second-order valence-electron chi connectivity index (χ2n) is 4.60. The molecule has 0 radical (unpaired) electrons. The third-order valence-corrected chi connectivity index (χ3v) is 3.44. The van der Waals surface area contributed by atoms with Crippen LogP contribution >= 0.6 is 15.9 Å². The fourth-order valence-corrected chi connectivity index (χ4v) is 2.24. The summed E-state index contributed by atoms with van der Waals surface area (Å²) in [6.45, 7) is 0.557. The maximum absolute atomic E-state index is 13.6. The molecule has 3 nitrogen and oxygen atoms in total. The number of para-hydroxylation sites is 1. The number of aliphatic imine (C=N–C) groups is 1. The average Bonchev–Trinajstić information content (AvgIpc) is 2.46. The first kappa shape index (κ1) is 15.5. The van der Waals surface area contributed by atoms with Gasteiger partial charge in [-0.3, -0.25) is 4.99 Å². The van der Waals surface area contributed by atoms with Crippen molar-refractivity contribution in [1.29, 1.82) is 0 Å². The molecule has 0 spiro atoms. The highest BCUT2D eigenvalue weighted by molar-refractivity contribution is 9.10. The van der Waals surface area contributed by atoms with Crippen molar-refractivity contribution in [2.45, 2.75) is 12.8 Å². The number of benzene rings is 2. The van der Waals surface area contributed by atoms with Gasteiger partial charge in [0.2, 0.25) is 0 Å². The molecule has 2 rings (SSSR count). The molecule has 0 aromatic heterocycles. The number of guanidine groups is 1. The van der Waals surface area contributed by atoms with Gasteiger partial charge in [0.1, 0.15) is 5.82 Å². The Morgan fingerprint density at radius 1 is 1.19 bits per heavy atom. The Balaban J connectivity index is 1.79. The molecule has 0 saturated heterocycles. The molecule has 110 valence electrons. The van der Waals surface area contributed by atoms with Crippen LogP contribution in [0.25, 0.3) is 0 Å². The first-order valence-electron chi connectivity index (χ1n) is 6.71. The predicted octanol–water partition coefficient (Wildman–Crippen LogP) is 3.95. The van der Waals surface area contributed by atoms with Crippen molar-refractivity contribution in [3.05, 3.63) is 64.4 Å². The SMILES string of the molecule is NC(=NCCCc1ccc(Br)cc1F)Nc1ccccc1. The van der Waals surface area contributed by atoms with Crippen molar-refractivity contribution >= 4 is 27.6 Å². The summed E-state index contributed by atoms with van der Waals surface area (Å²) in [4.78, 5) is 4.23. The lowest BCUT2D eigenvalue weighted by molar-refractivity contribution is 0.604. The summed E-state index contributed by atoms with van der Waals surface area (Å²) >= 11 is 3.24. The fraction of sp³-hybridized carbons (Fsp3) is 0.188. The molecule has 0 aliphatic heterocycles. The van der Waals surface area contributed by atoms with E-state index in [4.69, 9.17) is 5.73 Å². The first-order chi connectivity index (χ1) is 10.1. The predicted molar refractivity (Wildman–Crippen MR) is 89.0 cm³/mol. The number of hydrogen-bond donors (Lipinski definition) is 2. The molecular formula is C16H17BrFN3. The molecule has 0 saturated carbocycles. The third-order valence-electron chi connectivity index (χ3n) is 2.95. The normalized spacial score (nSPS) is 11.4. The van der Waals surface area contributed by atoms with Crippen LogP contribution in [0.15, 0.2) is 58.0 Å². The molecule has 2 aromatic rings. The summed E-state index contributed by atoms with van der Waals surface area (Å²) in [6, 6.07) is 14.7. The maximum atomic E-state index is 13.6. The molecule has 0 fully saturated rings. The standard InChI is InChI=1S/C16H17BrFN3/c17-13-9-8-12(15(18)11-13)5-4-10-20-16(19)21-14-6-2-1-3-7-14/h1-3,6-9,11H,4-5,10H2,(H3,19,20,21). The highest BCUT2D eigenvalue weighted by atomic mass is 79.9. The van der Waals surface area contributed by atoms with Gasteiger partial charge < -0.3 is 11.1 Å². The quantitative estimate of drug-likeness (QED) is 0.487. The van der Waals surface area contributed by atoms with Crippen LogP contribution in [0.4, 0.5) is 10.1 Å². The zero-order valence-corrected chi connectivity index (χ0v) is 13.1. The summed E-state index contributed by atoms with van der Waals surface area (Å²) in [5.41, 5.74) is 7.39. The number of aryl methyl sites for hydroxylation is 1. The lowest BCUT2D eigenvalue weighted by Gasteiger charge is -2.05. The van der Waals surface area contributed by atoms with Crippen LogP contribution in [0.5, 0.6) is 0 Å². The van der Waals surface area contributed by atoms with Crippen molar-refractivity contribution in [1.82, 2.24) is 0 Å². The van der Waals surface area contributed by atoms with E-state index in [0.29, 0.717) is 24.5 Å². The van der Waals surface area contributed by atoms with Gasteiger partial charge in [0.05, 0.1) is 0 Å². The summed E-state index contributed by atoms with van der Waals surface area (Å²) in [5.74, 6) is 0.182. The van der Waals surface area contributed by atoms with Gasteiger partial charge in [0, 0.05) is 16.7 Å². The zero-order valence-electron chi connectivity index (χ0n) is 11.5. The van der Waals surface area contributed by atoms with Gasteiger partial charge in [-0.15, -0.1) is 0 Å². The molecule has 0 unspecified atom stereocenters. The van der Waals surface area contributed by atoms with Gasteiger partial charge in [-0.25, -0.2) is 4.39 Å². The molecule has 5 heteroatoms. The van der Waals surface area contributed by atoms with Crippen LogP contribution in [0, 0.1) is 5.82 Å². The van der Waals surface area contributed by atoms with Crippen molar-refractivity contribution < 1.29 is 4.39 Å². The smallest absolute Gasteiger partial charge is 0.193 e. The third kappa shape index (κ3) is 5.19. The topological polar surface area (TPSA) is 50.4 Å². The molecule has 0 aliphatic carbocycles. The number of nitrogens with zero attached hydrogens (tertiary/aromatic N) is 1. The number of anilines is 1. The summed E-state index contributed by atoms with van der Waals surface area (Å²) in [5, 5.41) is 3.01. The fourth-order valence-electron chi connectivity index (χ4n) is 1.90. The lowest BCUT2D eigenvalue weighted by Crippen LogP contribution is -2.22. The summed E-state index contributed by atoms with van der Waals surface area (Å²) < 4.78 is 14.4. The highest BCUT2D eigenvalue weighted by Gasteiger charge is 2.02. The Morgan fingerprint density at radius 2 is 1.95 bits per heavy atom. The van der Waals surface area contributed by atoms with Crippen LogP contribution < -0.4 is 11.1 Å². The van der Waals surface area contributed by atoms with Crippen molar-refractivity contribution in [2.75, 3.05) is 11.9 Å². The van der Waals surface area contributed by atoms with E-state index in [1.807, 2.05) is 36.4 Å². The number of nitrogens with one attached hydrogen (secondary N) is 1. The Labute approximate surface area is 132 Å². The summed E-state index contributed by atoms with van der Waals surface area (Å²) in [7, 11) is 0. The van der Waals surface area contributed by atoms with Gasteiger partial charge in [0.15, 0.2) is 5.96 Å². The average molecular weight is 350 g/mol. The van der Waals surface area contributed by atoms with Gasteiger partial charge >= 0.3 is 0 Å². The molecule has 0 atom stereocenters. The minimum Gasteiger partial charge on any atom is -0.370 e. The monoisotopic (exact) mass is 349 g/mol. The number of nitrogens with two attached hydrogens (primary N) is 1. The minimum atomic E-state index is -0.191. The van der Waals surface area contributed by atoms with E-state index in [2.05, 4.69) is 26.2 Å². The minimum absolute atomic E-state index is 0.191. The second kappa shape index (κ2) is 7.78. The molecular weight excluding hydrogens is 333 g/mol. The van der Waals surface area contributed by atoms with E-state index in [-0.39, 0.29) is 5.82 Å². The van der Waals surface area contributed by atoms with E-state index in [1.165, 1.54) is 6.07 Å². The Hall–Kier alpha value is -1.88. The van der Waals surface area contributed by atoms with E-state index in [1.54, 1.807) is 6.07 Å². The summed E-state index contributed by atoms with van der Waals surface area (Å²) in [6.07, 6.45) is 1.39. The number of rotatable bonds is 5. The van der Waals surface area contributed by atoms with Crippen LogP contribution in [0.1, 0.15) is 12.0 Å². The van der Waals surface area contributed by atoms with Crippen LogP contribution in [-0.2, 0) is 6.42 Å². The van der Waals surface area contributed by atoms with Gasteiger partial charge in [0.25, 0.3) is 0 Å². The number of halogens is 2. The van der Waals surface area contributed by atoms with Crippen molar-refractivity contribution in [3.8, 4) is 0 Å². The Bertz CT molecular complexity index is 614. The van der Waals surface area contributed by atoms with Crippen LogP contribution in [0.2, 0.25) is 0 Å². The van der Waals surface area contributed by atoms with Crippen molar-refractivity contribution in [3.63, 3.8) is 0 Å². The second-order valence-corrected chi connectivity index (χ2v) is 5.51.